The summed E-state index contributed by atoms with van der Waals surface area (Å²) in [5.74, 6) is -0.0477. The molecule has 2 amide bonds. The van der Waals surface area contributed by atoms with Gasteiger partial charge in [0.25, 0.3) is 5.91 Å². The summed E-state index contributed by atoms with van der Waals surface area (Å²) in [5.41, 5.74) is 0.559. The highest BCUT2D eigenvalue weighted by atomic mass is 32.1. The minimum absolute atomic E-state index is 0.0390. The maximum Gasteiger partial charge on any atom is 0.404 e. The Morgan fingerprint density at radius 3 is 2.90 bits per heavy atom. The van der Waals surface area contributed by atoms with Crippen molar-refractivity contribution in [3.05, 3.63) is 26.9 Å². The molecule has 1 saturated carbocycles. The molecule has 0 bridgehead atoms. The van der Waals surface area contributed by atoms with Crippen LogP contribution in [0, 0.1) is 6.92 Å². The SMILES string of the molecule is Cc1nnc(NC(=O)c2csc(C3CC3NC(=O)O)c2)s1. The van der Waals surface area contributed by atoms with Crippen LogP contribution in [0.25, 0.3) is 0 Å². The summed E-state index contributed by atoms with van der Waals surface area (Å²) < 4.78 is 0. The highest BCUT2D eigenvalue weighted by Crippen LogP contribution is 2.43. The third kappa shape index (κ3) is 3.19. The number of carboxylic acid groups (broad SMARTS) is 1. The molecule has 1 fully saturated rings. The standard InChI is InChI=1S/C12H12N4O3S2/c1-5-15-16-11(21-5)14-10(17)6-2-9(20-4-6)7-3-8(7)13-12(18)19/h2,4,7-8,13H,3H2,1H3,(H,18,19)(H,14,16,17). The second kappa shape index (κ2) is 5.41. The first-order chi connectivity index (χ1) is 10.0. The number of aryl methyl sites for hydroxylation is 1. The fourth-order valence-electron chi connectivity index (χ4n) is 2.01. The van der Waals surface area contributed by atoms with Crippen LogP contribution in [0.2, 0.25) is 0 Å². The van der Waals surface area contributed by atoms with Gasteiger partial charge in [0.15, 0.2) is 0 Å². The van der Waals surface area contributed by atoms with E-state index in [1.54, 1.807) is 5.38 Å². The van der Waals surface area contributed by atoms with Crippen LogP contribution in [0.5, 0.6) is 0 Å². The summed E-state index contributed by atoms with van der Waals surface area (Å²) >= 11 is 2.79. The summed E-state index contributed by atoms with van der Waals surface area (Å²) in [4.78, 5) is 23.6. The molecule has 2 aromatic heterocycles. The Kier molecular flexibility index (Phi) is 3.60. The number of rotatable bonds is 4. The Morgan fingerprint density at radius 2 is 2.24 bits per heavy atom. The van der Waals surface area contributed by atoms with E-state index in [1.165, 1.54) is 22.7 Å². The number of aromatic nitrogens is 2. The Morgan fingerprint density at radius 1 is 1.43 bits per heavy atom. The number of carbonyl (C=O) groups is 2. The number of thiophene rings is 1. The number of hydrogen-bond acceptors (Lipinski definition) is 6. The van der Waals surface area contributed by atoms with Gasteiger partial charge in [-0.3, -0.25) is 10.1 Å². The zero-order chi connectivity index (χ0) is 15.0. The van der Waals surface area contributed by atoms with Crippen LogP contribution < -0.4 is 10.6 Å². The number of nitrogens with zero attached hydrogens (tertiary/aromatic N) is 2. The fraction of sp³-hybridized carbons (Fsp3) is 0.333. The van der Waals surface area contributed by atoms with E-state index in [2.05, 4.69) is 20.8 Å². The molecule has 0 radical (unpaired) electrons. The number of nitrogens with one attached hydrogen (secondary N) is 2. The van der Waals surface area contributed by atoms with Crippen molar-refractivity contribution in [2.45, 2.75) is 25.3 Å². The van der Waals surface area contributed by atoms with Crippen LogP contribution in [0.1, 0.15) is 32.6 Å². The van der Waals surface area contributed by atoms with Gasteiger partial charge < -0.3 is 10.4 Å². The smallest absolute Gasteiger partial charge is 0.404 e. The molecule has 0 aromatic carbocycles. The van der Waals surface area contributed by atoms with Crippen molar-refractivity contribution in [3.8, 4) is 0 Å². The van der Waals surface area contributed by atoms with Gasteiger partial charge in [0.05, 0.1) is 5.56 Å². The lowest BCUT2D eigenvalue weighted by Crippen LogP contribution is -2.23. The first-order valence-corrected chi connectivity index (χ1v) is 7.92. The van der Waals surface area contributed by atoms with E-state index in [9.17, 15) is 9.59 Å². The van der Waals surface area contributed by atoms with E-state index in [1.807, 2.05) is 13.0 Å². The number of carbonyl (C=O) groups excluding carboxylic acids is 1. The Hall–Kier alpha value is -2.00. The molecular weight excluding hydrogens is 312 g/mol. The van der Waals surface area contributed by atoms with Crippen molar-refractivity contribution >= 4 is 39.8 Å². The molecule has 9 heteroatoms. The first-order valence-electron chi connectivity index (χ1n) is 6.22. The largest absolute Gasteiger partial charge is 0.465 e. The van der Waals surface area contributed by atoms with E-state index in [-0.39, 0.29) is 17.9 Å². The lowest BCUT2D eigenvalue weighted by atomic mass is 10.2. The lowest BCUT2D eigenvalue weighted by molar-refractivity contribution is 0.102. The highest BCUT2D eigenvalue weighted by Gasteiger charge is 2.40. The summed E-state index contributed by atoms with van der Waals surface area (Å²) in [6.45, 7) is 1.82. The van der Waals surface area contributed by atoms with Crippen LogP contribution in [-0.2, 0) is 0 Å². The zero-order valence-corrected chi connectivity index (χ0v) is 12.6. The van der Waals surface area contributed by atoms with E-state index in [0.717, 1.165) is 16.3 Å². The topological polar surface area (TPSA) is 104 Å². The van der Waals surface area contributed by atoms with Gasteiger partial charge >= 0.3 is 6.09 Å². The number of hydrogen-bond donors (Lipinski definition) is 3. The van der Waals surface area contributed by atoms with Gasteiger partial charge in [-0.25, -0.2) is 4.79 Å². The summed E-state index contributed by atoms with van der Waals surface area (Å²) in [7, 11) is 0. The van der Waals surface area contributed by atoms with Crippen LogP contribution >= 0.6 is 22.7 Å². The van der Waals surface area contributed by atoms with E-state index >= 15 is 0 Å². The normalized spacial score (nSPS) is 20.0. The zero-order valence-electron chi connectivity index (χ0n) is 11.0. The van der Waals surface area contributed by atoms with Crippen molar-refractivity contribution in [3.63, 3.8) is 0 Å². The Balaban J connectivity index is 1.62. The summed E-state index contributed by atoms with van der Waals surface area (Å²) in [6.07, 6.45) is -0.229. The van der Waals surface area contributed by atoms with E-state index < -0.39 is 6.09 Å². The molecule has 2 heterocycles. The molecule has 0 aliphatic heterocycles. The molecule has 1 aliphatic carbocycles. The molecular formula is C12H12N4O3S2. The quantitative estimate of drug-likeness (QED) is 0.800. The molecule has 3 N–H and O–H groups in total. The van der Waals surface area contributed by atoms with Crippen LogP contribution in [-0.4, -0.2) is 33.3 Å². The minimum atomic E-state index is -1.01. The van der Waals surface area contributed by atoms with E-state index in [0.29, 0.717) is 10.7 Å². The molecule has 2 unspecified atom stereocenters. The van der Waals surface area contributed by atoms with Gasteiger partial charge in [-0.15, -0.1) is 21.5 Å². The van der Waals surface area contributed by atoms with Gasteiger partial charge in [0.2, 0.25) is 5.13 Å². The highest BCUT2D eigenvalue weighted by molar-refractivity contribution is 7.15. The third-order valence-electron chi connectivity index (χ3n) is 3.09. The van der Waals surface area contributed by atoms with Crippen molar-refractivity contribution in [2.75, 3.05) is 5.32 Å². The molecule has 3 rings (SSSR count). The predicted molar refractivity (Wildman–Crippen MR) is 79.2 cm³/mol. The second-order valence-electron chi connectivity index (χ2n) is 4.72. The van der Waals surface area contributed by atoms with E-state index in [4.69, 9.17) is 5.11 Å². The minimum Gasteiger partial charge on any atom is -0.465 e. The Labute approximate surface area is 128 Å². The molecule has 2 atom stereocenters. The van der Waals surface area contributed by atoms with Crippen molar-refractivity contribution in [2.24, 2.45) is 0 Å². The van der Waals surface area contributed by atoms with Crippen LogP contribution in [0.4, 0.5) is 9.93 Å². The molecule has 2 aromatic rings. The second-order valence-corrected chi connectivity index (χ2v) is 6.84. The summed E-state index contributed by atoms with van der Waals surface area (Å²) in [5, 5.41) is 24.5. The van der Waals surface area contributed by atoms with Crippen LogP contribution in [0.3, 0.4) is 0 Å². The Bertz CT molecular complexity index is 696. The van der Waals surface area contributed by atoms with Gasteiger partial charge in [-0.05, 0) is 19.4 Å². The van der Waals surface area contributed by atoms with Crippen LogP contribution in [0.15, 0.2) is 11.4 Å². The molecule has 0 saturated heterocycles. The van der Waals surface area contributed by atoms with Crippen molar-refractivity contribution in [1.29, 1.82) is 0 Å². The predicted octanol–water partition coefficient (Wildman–Crippen LogP) is 2.28. The molecule has 1 aliphatic rings. The molecule has 110 valence electrons. The van der Waals surface area contributed by atoms with Gasteiger partial charge in [0, 0.05) is 22.2 Å². The maximum absolute atomic E-state index is 12.1. The number of anilines is 1. The molecule has 7 nitrogen and oxygen atoms in total. The average Bonchev–Trinajstić information content (AvgIpc) is 2.86. The monoisotopic (exact) mass is 324 g/mol. The maximum atomic E-state index is 12.1. The first kappa shape index (κ1) is 14.0. The lowest BCUT2D eigenvalue weighted by Gasteiger charge is -1.98. The summed E-state index contributed by atoms with van der Waals surface area (Å²) in [6, 6.07) is 1.77. The third-order valence-corrected chi connectivity index (χ3v) is 4.91. The van der Waals surface area contributed by atoms with Gasteiger partial charge in [-0.1, -0.05) is 11.3 Å². The van der Waals surface area contributed by atoms with Crippen molar-refractivity contribution < 1.29 is 14.7 Å². The van der Waals surface area contributed by atoms with Gasteiger partial charge in [-0.2, -0.15) is 0 Å². The molecule has 21 heavy (non-hydrogen) atoms. The van der Waals surface area contributed by atoms with Gasteiger partial charge in [0.1, 0.15) is 5.01 Å². The van der Waals surface area contributed by atoms with Crippen molar-refractivity contribution in [1.82, 2.24) is 15.5 Å². The average molecular weight is 324 g/mol. The fourth-order valence-corrected chi connectivity index (χ4v) is 3.67. The number of amides is 2. The molecule has 0 spiro atoms.